The van der Waals surface area contributed by atoms with Crippen molar-refractivity contribution in [2.75, 3.05) is 19.1 Å². The third kappa shape index (κ3) is 4.75. The first-order chi connectivity index (χ1) is 11.4. The maximum absolute atomic E-state index is 11.1. The topological polar surface area (TPSA) is 131 Å². The quantitative estimate of drug-likeness (QED) is 0.498. The number of carboxylic acid groups (broad SMARTS) is 1. The van der Waals surface area contributed by atoms with Crippen molar-refractivity contribution in [1.29, 1.82) is 0 Å². The number of benzene rings is 1. The summed E-state index contributed by atoms with van der Waals surface area (Å²) < 4.78 is 10.4. The van der Waals surface area contributed by atoms with Gasteiger partial charge >= 0.3 is 0 Å². The summed E-state index contributed by atoms with van der Waals surface area (Å²) in [6.45, 7) is 0.873. The lowest BCUT2D eigenvalue weighted by molar-refractivity contribution is -0.479. The van der Waals surface area contributed by atoms with Gasteiger partial charge in [-0.2, -0.15) is 0 Å². The van der Waals surface area contributed by atoms with Crippen molar-refractivity contribution in [3.8, 4) is 11.5 Å². The van der Waals surface area contributed by atoms with Crippen LogP contribution in [0.2, 0.25) is 0 Å². The molecular weight excluding hydrogens is 340 g/mol. The smallest absolute Gasteiger partial charge is 0.231 e. The standard InChI is InChI=1S/C14H16N2O7S/c1-8(17)15-10(14(18)19)6-24-13(5-16(20)21)9-2-3-11-12(4-9)23-7-22-11/h2-4,10,13H,5-7H2,1H3,(H,15,17)(H,18,19)/p-1/t10-,13-/m0/s1. The lowest BCUT2D eigenvalue weighted by Crippen LogP contribution is -2.48. The van der Waals surface area contributed by atoms with E-state index < -0.39 is 34.6 Å². The van der Waals surface area contributed by atoms with Crippen molar-refractivity contribution in [2.45, 2.75) is 18.2 Å². The molecule has 0 saturated carbocycles. The van der Waals surface area contributed by atoms with E-state index >= 15 is 0 Å². The van der Waals surface area contributed by atoms with E-state index in [4.69, 9.17) is 9.47 Å². The minimum absolute atomic E-state index is 0.0607. The molecule has 0 unspecified atom stereocenters. The van der Waals surface area contributed by atoms with Gasteiger partial charge in [0.15, 0.2) is 11.5 Å². The number of carboxylic acids is 1. The number of hydrogen-bond donors (Lipinski definition) is 1. The van der Waals surface area contributed by atoms with Crippen LogP contribution in [0.3, 0.4) is 0 Å². The predicted octanol–water partition coefficient (Wildman–Crippen LogP) is -0.279. The number of rotatable bonds is 8. The minimum Gasteiger partial charge on any atom is -0.548 e. The molecule has 0 bridgehead atoms. The van der Waals surface area contributed by atoms with Crippen molar-refractivity contribution in [1.82, 2.24) is 5.32 Å². The fourth-order valence-electron chi connectivity index (χ4n) is 2.13. The zero-order valence-corrected chi connectivity index (χ0v) is 13.5. The second kappa shape index (κ2) is 7.86. The summed E-state index contributed by atoms with van der Waals surface area (Å²) in [6.07, 6.45) is 0. The van der Waals surface area contributed by atoms with Crippen LogP contribution in [0.15, 0.2) is 18.2 Å². The number of carbonyl (C=O) groups excluding carboxylic acids is 2. The van der Waals surface area contributed by atoms with E-state index in [1.165, 1.54) is 6.92 Å². The number of nitrogens with one attached hydrogen (secondary N) is 1. The van der Waals surface area contributed by atoms with E-state index in [1.807, 2.05) is 0 Å². The SMILES string of the molecule is CC(=O)N[C@@H](CS[C@@H](C[N+](=O)[O-])c1ccc2c(c1)OCO2)C(=O)[O-]. The van der Waals surface area contributed by atoms with Crippen molar-refractivity contribution in [3.05, 3.63) is 33.9 Å². The Morgan fingerprint density at radius 2 is 2.08 bits per heavy atom. The predicted molar refractivity (Wildman–Crippen MR) is 82.2 cm³/mol. The Balaban J connectivity index is 2.11. The van der Waals surface area contributed by atoms with Crippen LogP contribution in [0.1, 0.15) is 17.7 Å². The molecule has 0 aromatic heterocycles. The van der Waals surface area contributed by atoms with Gasteiger partial charge in [-0.1, -0.05) is 6.07 Å². The maximum Gasteiger partial charge on any atom is 0.231 e. The average Bonchev–Trinajstić information content (AvgIpc) is 2.96. The van der Waals surface area contributed by atoms with Gasteiger partial charge in [0.05, 0.1) is 17.3 Å². The van der Waals surface area contributed by atoms with E-state index in [-0.39, 0.29) is 12.5 Å². The molecule has 0 saturated heterocycles. The van der Waals surface area contributed by atoms with Crippen LogP contribution in [0.4, 0.5) is 0 Å². The highest BCUT2D eigenvalue weighted by atomic mass is 32.2. The van der Waals surface area contributed by atoms with Gasteiger partial charge < -0.3 is 24.7 Å². The lowest BCUT2D eigenvalue weighted by atomic mass is 10.1. The second-order valence-corrected chi connectivity index (χ2v) is 6.26. The summed E-state index contributed by atoms with van der Waals surface area (Å²) in [4.78, 5) is 32.5. The highest BCUT2D eigenvalue weighted by molar-refractivity contribution is 7.99. The summed E-state index contributed by atoms with van der Waals surface area (Å²) in [5, 5.41) is 23.6. The highest BCUT2D eigenvalue weighted by Crippen LogP contribution is 2.38. The zero-order valence-electron chi connectivity index (χ0n) is 12.7. The Morgan fingerprint density at radius 3 is 2.71 bits per heavy atom. The number of hydrogen-bond acceptors (Lipinski definition) is 8. The molecule has 0 fully saturated rings. The number of fused-ring (bicyclic) bond motifs is 1. The molecule has 0 aliphatic carbocycles. The van der Waals surface area contributed by atoms with Crippen molar-refractivity contribution in [3.63, 3.8) is 0 Å². The molecule has 0 radical (unpaired) electrons. The van der Waals surface area contributed by atoms with Gasteiger partial charge in [-0.15, -0.1) is 11.8 Å². The fourth-order valence-corrected chi connectivity index (χ4v) is 3.34. The average molecular weight is 355 g/mol. The minimum atomic E-state index is -1.44. The second-order valence-electron chi connectivity index (χ2n) is 5.02. The van der Waals surface area contributed by atoms with Crippen molar-refractivity contribution >= 4 is 23.6 Å². The number of ether oxygens (including phenoxy) is 2. The summed E-state index contributed by atoms with van der Waals surface area (Å²) >= 11 is 1.05. The monoisotopic (exact) mass is 355 g/mol. The Labute approximate surface area is 141 Å². The first-order valence-corrected chi connectivity index (χ1v) is 8.02. The molecule has 1 aliphatic rings. The summed E-state index contributed by atoms with van der Waals surface area (Å²) in [7, 11) is 0. The molecular formula is C14H15N2O7S-. The van der Waals surface area contributed by atoms with Crippen LogP contribution in [0.5, 0.6) is 11.5 Å². The van der Waals surface area contributed by atoms with Gasteiger partial charge in [0.2, 0.25) is 19.2 Å². The molecule has 0 spiro atoms. The number of carbonyl (C=O) groups is 2. The highest BCUT2D eigenvalue weighted by Gasteiger charge is 2.24. The van der Waals surface area contributed by atoms with Gasteiger partial charge in [0.1, 0.15) is 0 Å². The van der Waals surface area contributed by atoms with Gasteiger partial charge in [-0.3, -0.25) is 14.9 Å². The molecule has 2 rings (SSSR count). The van der Waals surface area contributed by atoms with Gasteiger partial charge in [0.25, 0.3) is 0 Å². The molecule has 24 heavy (non-hydrogen) atoms. The van der Waals surface area contributed by atoms with Crippen LogP contribution in [-0.2, 0) is 9.59 Å². The molecule has 2 atom stereocenters. The third-order valence-corrected chi connectivity index (χ3v) is 4.56. The Hall–Kier alpha value is -2.49. The molecule has 1 aromatic rings. The number of nitrogens with zero attached hydrogens (tertiary/aromatic N) is 1. The number of amides is 1. The van der Waals surface area contributed by atoms with E-state index in [2.05, 4.69) is 5.32 Å². The lowest BCUT2D eigenvalue weighted by Gasteiger charge is -2.21. The van der Waals surface area contributed by atoms with Crippen LogP contribution >= 0.6 is 11.8 Å². The largest absolute Gasteiger partial charge is 0.548 e. The number of thioether (sulfide) groups is 1. The first kappa shape index (κ1) is 17.9. The molecule has 10 heteroatoms. The van der Waals surface area contributed by atoms with Crippen LogP contribution in [-0.4, -0.2) is 41.9 Å². The summed E-state index contributed by atoms with van der Waals surface area (Å²) in [5.74, 6) is -0.981. The fraction of sp³-hybridized carbons (Fsp3) is 0.429. The van der Waals surface area contributed by atoms with E-state index in [0.29, 0.717) is 17.1 Å². The molecule has 130 valence electrons. The molecule has 1 N–H and O–H groups in total. The molecule has 9 nitrogen and oxygen atoms in total. The van der Waals surface area contributed by atoms with Crippen LogP contribution in [0, 0.1) is 10.1 Å². The van der Waals surface area contributed by atoms with Gasteiger partial charge in [0, 0.05) is 17.6 Å². The molecule has 1 amide bonds. The van der Waals surface area contributed by atoms with Crippen molar-refractivity contribution < 1.29 is 29.1 Å². The van der Waals surface area contributed by atoms with Crippen LogP contribution in [0.25, 0.3) is 0 Å². The van der Waals surface area contributed by atoms with E-state index in [1.54, 1.807) is 18.2 Å². The van der Waals surface area contributed by atoms with Gasteiger partial charge in [-0.05, 0) is 17.7 Å². The summed E-state index contributed by atoms with van der Waals surface area (Å²) in [6, 6.07) is 3.72. The molecule has 1 aromatic carbocycles. The Morgan fingerprint density at radius 1 is 1.38 bits per heavy atom. The number of aliphatic carboxylic acids is 1. The Bertz CT molecular complexity index is 652. The molecule has 1 heterocycles. The van der Waals surface area contributed by atoms with Crippen LogP contribution < -0.4 is 19.9 Å². The van der Waals surface area contributed by atoms with E-state index in [9.17, 15) is 24.8 Å². The Kier molecular flexibility index (Phi) is 5.85. The van der Waals surface area contributed by atoms with Gasteiger partial charge in [-0.25, -0.2) is 0 Å². The molecule has 1 aliphatic heterocycles. The van der Waals surface area contributed by atoms with E-state index in [0.717, 1.165) is 11.8 Å². The van der Waals surface area contributed by atoms with Crippen molar-refractivity contribution in [2.24, 2.45) is 0 Å². The zero-order chi connectivity index (χ0) is 17.7. The maximum atomic E-state index is 11.1. The summed E-state index contributed by atoms with van der Waals surface area (Å²) in [5.41, 5.74) is 0.612. The number of nitro groups is 1. The normalized spacial score (nSPS) is 14.7. The third-order valence-electron chi connectivity index (χ3n) is 3.21. The first-order valence-electron chi connectivity index (χ1n) is 6.97.